The first-order valence-electron chi connectivity index (χ1n) is 10.2. The highest BCUT2D eigenvalue weighted by Crippen LogP contribution is 2.37. The van der Waals surface area contributed by atoms with E-state index in [9.17, 15) is 4.39 Å². The molecule has 3 aromatic rings. The SMILES string of the molecule is CNc1ncc(-c2cnn(C3CCNCC3)c2)cc1O[C@H](C)c1c(Cl)ccc(F)c1Cl. The summed E-state index contributed by atoms with van der Waals surface area (Å²) in [5.41, 5.74) is 2.22. The van der Waals surface area contributed by atoms with Crippen molar-refractivity contribution < 1.29 is 9.13 Å². The summed E-state index contributed by atoms with van der Waals surface area (Å²) in [6.07, 6.45) is 7.18. The van der Waals surface area contributed by atoms with E-state index in [0.29, 0.717) is 28.2 Å². The fourth-order valence-corrected chi connectivity index (χ4v) is 4.48. The number of piperidine rings is 1. The van der Waals surface area contributed by atoms with Crippen molar-refractivity contribution in [2.24, 2.45) is 0 Å². The van der Waals surface area contributed by atoms with Crippen LogP contribution in [0.1, 0.15) is 37.5 Å². The number of halogens is 3. The topological polar surface area (TPSA) is 64.0 Å². The van der Waals surface area contributed by atoms with Crippen LogP contribution in [0.2, 0.25) is 10.0 Å². The normalized spacial score (nSPS) is 15.6. The summed E-state index contributed by atoms with van der Waals surface area (Å²) in [5, 5.41) is 11.3. The monoisotopic (exact) mass is 463 g/mol. The van der Waals surface area contributed by atoms with Gasteiger partial charge in [-0.3, -0.25) is 4.68 Å². The summed E-state index contributed by atoms with van der Waals surface area (Å²) in [5.74, 6) is 0.533. The molecule has 164 valence electrons. The fraction of sp³-hybridized carbons (Fsp3) is 0.364. The molecule has 0 radical (unpaired) electrons. The number of aromatic nitrogens is 3. The van der Waals surface area contributed by atoms with Crippen LogP contribution in [0.3, 0.4) is 0 Å². The van der Waals surface area contributed by atoms with E-state index < -0.39 is 11.9 Å². The van der Waals surface area contributed by atoms with Gasteiger partial charge in [0.25, 0.3) is 0 Å². The Hall–Kier alpha value is -2.35. The van der Waals surface area contributed by atoms with Gasteiger partial charge >= 0.3 is 0 Å². The molecule has 1 aliphatic heterocycles. The highest BCUT2D eigenvalue weighted by molar-refractivity contribution is 6.36. The van der Waals surface area contributed by atoms with E-state index in [1.165, 1.54) is 12.1 Å². The van der Waals surface area contributed by atoms with Gasteiger partial charge in [0.2, 0.25) is 0 Å². The van der Waals surface area contributed by atoms with E-state index >= 15 is 0 Å². The summed E-state index contributed by atoms with van der Waals surface area (Å²) >= 11 is 12.4. The summed E-state index contributed by atoms with van der Waals surface area (Å²) in [7, 11) is 1.76. The van der Waals surface area contributed by atoms with Crippen molar-refractivity contribution in [3.63, 3.8) is 0 Å². The lowest BCUT2D eigenvalue weighted by atomic mass is 10.1. The van der Waals surface area contributed by atoms with Crippen LogP contribution in [-0.2, 0) is 0 Å². The van der Waals surface area contributed by atoms with Crippen LogP contribution in [-0.4, -0.2) is 34.9 Å². The van der Waals surface area contributed by atoms with Gasteiger partial charge in [0.15, 0.2) is 11.6 Å². The predicted octanol–water partition coefficient (Wildman–Crippen LogP) is 5.50. The van der Waals surface area contributed by atoms with Crippen LogP contribution in [0.15, 0.2) is 36.8 Å². The first-order chi connectivity index (χ1) is 15.0. The van der Waals surface area contributed by atoms with Gasteiger partial charge in [-0.2, -0.15) is 5.10 Å². The molecule has 6 nitrogen and oxygen atoms in total. The summed E-state index contributed by atoms with van der Waals surface area (Å²) < 4.78 is 22.1. The second-order valence-corrected chi connectivity index (χ2v) is 8.31. The average molecular weight is 464 g/mol. The molecule has 1 fully saturated rings. The maximum atomic E-state index is 14.0. The molecule has 1 saturated heterocycles. The van der Waals surface area contributed by atoms with Crippen LogP contribution in [0.4, 0.5) is 10.2 Å². The number of rotatable bonds is 6. The third-order valence-corrected chi connectivity index (χ3v) is 6.21. The average Bonchev–Trinajstić information content (AvgIpc) is 3.27. The maximum absolute atomic E-state index is 14.0. The molecule has 9 heteroatoms. The van der Waals surface area contributed by atoms with Crippen molar-refractivity contribution in [3.05, 3.63) is 58.2 Å². The third kappa shape index (κ3) is 4.63. The fourth-order valence-electron chi connectivity index (χ4n) is 3.80. The molecule has 0 spiro atoms. The highest BCUT2D eigenvalue weighted by atomic mass is 35.5. The Labute approximate surface area is 190 Å². The highest BCUT2D eigenvalue weighted by Gasteiger charge is 2.21. The third-order valence-electron chi connectivity index (χ3n) is 5.50. The van der Waals surface area contributed by atoms with Gasteiger partial charge in [0.1, 0.15) is 11.9 Å². The molecule has 2 aromatic heterocycles. The van der Waals surface area contributed by atoms with E-state index in [2.05, 4.69) is 20.7 Å². The van der Waals surface area contributed by atoms with Gasteiger partial charge in [0.05, 0.1) is 17.3 Å². The van der Waals surface area contributed by atoms with Crippen LogP contribution in [0.5, 0.6) is 5.75 Å². The molecular formula is C22H24Cl2FN5O. The number of anilines is 1. The van der Waals surface area contributed by atoms with Crippen molar-refractivity contribution in [1.29, 1.82) is 0 Å². The van der Waals surface area contributed by atoms with E-state index in [-0.39, 0.29) is 5.02 Å². The predicted molar refractivity (Wildman–Crippen MR) is 122 cm³/mol. The second kappa shape index (κ2) is 9.42. The quantitative estimate of drug-likeness (QED) is 0.472. The zero-order chi connectivity index (χ0) is 22.0. The van der Waals surface area contributed by atoms with Gasteiger partial charge in [-0.05, 0) is 51.1 Å². The van der Waals surface area contributed by atoms with E-state index in [0.717, 1.165) is 37.1 Å². The van der Waals surface area contributed by atoms with E-state index in [4.69, 9.17) is 27.9 Å². The number of nitrogens with one attached hydrogen (secondary N) is 2. The lowest BCUT2D eigenvalue weighted by Crippen LogP contribution is -2.29. The Morgan fingerprint density at radius 1 is 1.23 bits per heavy atom. The Bertz CT molecular complexity index is 1070. The molecule has 0 saturated carbocycles. The number of hydrogen-bond donors (Lipinski definition) is 2. The van der Waals surface area contributed by atoms with Crippen LogP contribution in [0.25, 0.3) is 11.1 Å². The maximum Gasteiger partial charge on any atom is 0.168 e. The summed E-state index contributed by atoms with van der Waals surface area (Å²) in [6.45, 7) is 3.77. The van der Waals surface area contributed by atoms with Crippen molar-refractivity contribution in [2.45, 2.75) is 31.9 Å². The molecule has 2 N–H and O–H groups in total. The molecule has 1 aromatic carbocycles. The minimum atomic E-state index is -0.586. The second-order valence-electron chi connectivity index (χ2n) is 7.53. The molecule has 4 rings (SSSR count). The van der Waals surface area contributed by atoms with Crippen molar-refractivity contribution in [1.82, 2.24) is 20.1 Å². The summed E-state index contributed by atoms with van der Waals surface area (Å²) in [4.78, 5) is 4.48. The van der Waals surface area contributed by atoms with E-state index in [1.807, 2.05) is 23.1 Å². The van der Waals surface area contributed by atoms with Gasteiger partial charge in [-0.15, -0.1) is 0 Å². The zero-order valence-corrected chi connectivity index (χ0v) is 18.8. The summed E-state index contributed by atoms with van der Waals surface area (Å²) in [6, 6.07) is 5.00. The number of pyridine rings is 1. The minimum Gasteiger partial charge on any atom is -0.482 e. The van der Waals surface area contributed by atoms with Crippen molar-refractivity contribution >= 4 is 29.0 Å². The largest absolute Gasteiger partial charge is 0.482 e. The standard InChI is InChI=1S/C22H24Cl2FN5O/c1-13(20-17(23)3-4-18(25)21(20)24)31-19-9-14(10-28-22(19)26-2)15-11-29-30(12-15)16-5-7-27-8-6-16/h3-4,9-13,16,27H,5-8H2,1-2H3,(H,26,28)/t13-/m1/s1. The molecule has 3 heterocycles. The molecule has 0 amide bonds. The Balaban J connectivity index is 1.61. The van der Waals surface area contributed by atoms with Gasteiger partial charge in [-0.1, -0.05) is 23.2 Å². The Morgan fingerprint density at radius 3 is 2.74 bits per heavy atom. The van der Waals surface area contributed by atoms with Crippen molar-refractivity contribution in [2.75, 3.05) is 25.5 Å². The Kier molecular flexibility index (Phi) is 6.65. The van der Waals surface area contributed by atoms with Crippen LogP contribution in [0, 0.1) is 5.82 Å². The van der Waals surface area contributed by atoms with Gasteiger partial charge in [0, 0.05) is 41.2 Å². The molecule has 0 bridgehead atoms. The number of nitrogens with zero attached hydrogens (tertiary/aromatic N) is 3. The molecule has 31 heavy (non-hydrogen) atoms. The molecular weight excluding hydrogens is 440 g/mol. The van der Waals surface area contributed by atoms with Gasteiger partial charge in [-0.25, -0.2) is 9.37 Å². The Morgan fingerprint density at radius 2 is 2.00 bits per heavy atom. The number of benzene rings is 1. The molecule has 1 atom stereocenters. The van der Waals surface area contributed by atoms with Crippen molar-refractivity contribution in [3.8, 4) is 16.9 Å². The lowest BCUT2D eigenvalue weighted by molar-refractivity contribution is 0.227. The van der Waals surface area contributed by atoms with Crippen LogP contribution < -0.4 is 15.4 Å². The first-order valence-corrected chi connectivity index (χ1v) is 11.0. The number of hydrogen-bond acceptors (Lipinski definition) is 5. The first kappa shape index (κ1) is 21.9. The minimum absolute atomic E-state index is 0.0432. The smallest absolute Gasteiger partial charge is 0.168 e. The lowest BCUT2D eigenvalue weighted by Gasteiger charge is -2.22. The van der Waals surface area contributed by atoms with Crippen LogP contribution >= 0.6 is 23.2 Å². The molecule has 0 unspecified atom stereocenters. The van der Waals surface area contributed by atoms with Gasteiger partial charge < -0.3 is 15.4 Å². The van der Waals surface area contributed by atoms with E-state index in [1.54, 1.807) is 20.2 Å². The molecule has 0 aliphatic carbocycles. The number of ether oxygens (including phenoxy) is 1. The zero-order valence-electron chi connectivity index (χ0n) is 17.3. The molecule has 1 aliphatic rings.